The molecule has 1 amide bonds. The molecule has 0 saturated carbocycles. The molecular formula is C27H23N3O4. The molecule has 0 aromatic heterocycles. The summed E-state index contributed by atoms with van der Waals surface area (Å²) in [6.45, 7) is 0.708. The zero-order chi connectivity index (χ0) is 23.3. The molecule has 34 heavy (non-hydrogen) atoms. The molecule has 3 aromatic carbocycles. The molecule has 7 nitrogen and oxygen atoms in total. The number of ether oxygens (including phenoxy) is 1. The van der Waals surface area contributed by atoms with Gasteiger partial charge in [0.05, 0.1) is 6.04 Å². The second-order valence-electron chi connectivity index (χ2n) is 8.79. The number of nitrogens with zero attached hydrogens (tertiary/aromatic N) is 1. The molecule has 7 heteroatoms. The molecule has 3 aromatic rings. The summed E-state index contributed by atoms with van der Waals surface area (Å²) in [5, 5.41) is 6.09. The van der Waals surface area contributed by atoms with Crippen LogP contribution in [0.1, 0.15) is 33.1 Å². The molecule has 2 N–H and O–H groups in total. The lowest BCUT2D eigenvalue weighted by atomic mass is 9.87. The fourth-order valence-corrected chi connectivity index (χ4v) is 5.48. The normalized spacial score (nSPS) is 25.2. The Morgan fingerprint density at radius 1 is 0.853 bits per heavy atom. The van der Waals surface area contributed by atoms with Crippen LogP contribution >= 0.6 is 0 Å². The van der Waals surface area contributed by atoms with Crippen LogP contribution in [0.4, 0.5) is 0 Å². The highest BCUT2D eigenvalue weighted by Gasteiger charge is 2.61. The summed E-state index contributed by atoms with van der Waals surface area (Å²) < 4.78 is 6.21. The maximum Gasteiger partial charge on any atom is 0.327 e. The Hall–Kier alpha value is -3.81. The third kappa shape index (κ3) is 2.94. The molecule has 2 fully saturated rings. The molecule has 3 heterocycles. The van der Waals surface area contributed by atoms with E-state index in [4.69, 9.17) is 4.74 Å². The van der Waals surface area contributed by atoms with Crippen LogP contribution in [0.5, 0.6) is 0 Å². The minimum Gasteiger partial charge on any atom is -0.434 e. The lowest BCUT2D eigenvalue weighted by Crippen LogP contribution is -2.65. The number of hydrogen-bond donors (Lipinski definition) is 2. The monoisotopic (exact) mass is 453 g/mol. The second-order valence-corrected chi connectivity index (χ2v) is 8.79. The highest BCUT2D eigenvalue weighted by molar-refractivity contribution is 6.06. The average molecular weight is 453 g/mol. The van der Waals surface area contributed by atoms with Crippen LogP contribution in [0.2, 0.25) is 0 Å². The van der Waals surface area contributed by atoms with E-state index in [9.17, 15) is 14.4 Å². The maximum atomic E-state index is 14.0. The van der Waals surface area contributed by atoms with E-state index >= 15 is 0 Å². The second kappa shape index (κ2) is 7.90. The van der Waals surface area contributed by atoms with Crippen LogP contribution in [0.3, 0.4) is 0 Å². The number of amides is 1. The van der Waals surface area contributed by atoms with Crippen molar-refractivity contribution in [2.45, 2.75) is 23.9 Å². The first-order chi connectivity index (χ1) is 16.6. The summed E-state index contributed by atoms with van der Waals surface area (Å²) in [5.41, 5.74) is 1.46. The summed E-state index contributed by atoms with van der Waals surface area (Å²) in [5.74, 6) is -0.820. The molecular weight excluding hydrogens is 430 g/mol. The van der Waals surface area contributed by atoms with Crippen molar-refractivity contribution in [3.63, 3.8) is 0 Å². The number of nitrogens with one attached hydrogen (secondary N) is 2. The zero-order valence-corrected chi connectivity index (χ0v) is 18.3. The van der Waals surface area contributed by atoms with Crippen LogP contribution in [0.15, 0.2) is 84.9 Å². The van der Waals surface area contributed by atoms with Crippen LogP contribution in [0, 0.1) is 0 Å². The first-order valence-corrected chi connectivity index (χ1v) is 11.4. The fourth-order valence-electron chi connectivity index (χ4n) is 5.48. The Morgan fingerprint density at radius 2 is 1.47 bits per heavy atom. The summed E-state index contributed by atoms with van der Waals surface area (Å²) in [6, 6.07) is 24.1. The van der Waals surface area contributed by atoms with Gasteiger partial charge in [-0.05, 0) is 11.6 Å². The number of cyclic esters (lactones) is 1. The van der Waals surface area contributed by atoms with Crippen LogP contribution in [0.25, 0.3) is 0 Å². The summed E-state index contributed by atoms with van der Waals surface area (Å²) in [4.78, 5) is 41.7. The third-order valence-electron chi connectivity index (χ3n) is 6.97. The molecule has 3 aliphatic heterocycles. The van der Waals surface area contributed by atoms with Gasteiger partial charge in [0.25, 0.3) is 5.91 Å². The van der Waals surface area contributed by atoms with Gasteiger partial charge in [0, 0.05) is 29.8 Å². The molecule has 0 spiro atoms. The number of rotatable bonds is 4. The van der Waals surface area contributed by atoms with Gasteiger partial charge in [-0.2, -0.15) is 0 Å². The number of fused-ring (bicyclic) bond motifs is 2. The predicted octanol–water partition coefficient (Wildman–Crippen LogP) is 2.14. The van der Waals surface area contributed by atoms with E-state index < -0.39 is 23.9 Å². The van der Waals surface area contributed by atoms with Gasteiger partial charge in [0.2, 0.25) is 5.72 Å². The number of Topliss-reactive ketones (excluding diaryl/α,β-unsaturated/α-hetero) is 1. The first-order valence-electron chi connectivity index (χ1n) is 11.4. The summed E-state index contributed by atoms with van der Waals surface area (Å²) in [7, 11) is 0. The molecule has 0 radical (unpaired) electrons. The number of carbonyl (C=O) groups is 3. The van der Waals surface area contributed by atoms with Crippen molar-refractivity contribution >= 4 is 17.7 Å². The Kier molecular flexibility index (Phi) is 4.83. The van der Waals surface area contributed by atoms with Crippen molar-refractivity contribution in [2.75, 3.05) is 13.1 Å². The zero-order valence-electron chi connectivity index (χ0n) is 18.3. The van der Waals surface area contributed by atoms with E-state index in [1.807, 2.05) is 71.6 Å². The fraction of sp³-hybridized carbons (Fsp3) is 0.222. The van der Waals surface area contributed by atoms with Gasteiger partial charge in [-0.3, -0.25) is 14.4 Å². The molecule has 3 atom stereocenters. The summed E-state index contributed by atoms with van der Waals surface area (Å²) in [6.07, 6.45) is 0. The predicted molar refractivity (Wildman–Crippen MR) is 124 cm³/mol. The average Bonchev–Trinajstić information content (AvgIpc) is 3.40. The van der Waals surface area contributed by atoms with Crippen LogP contribution in [-0.4, -0.2) is 47.7 Å². The number of esters is 1. The largest absolute Gasteiger partial charge is 0.434 e. The standard InChI is InChI=1S/C27H23N3O4/c31-24(23-19-13-7-8-14-20(19)25(32)29-23)21-15-28-16-22-26(33)34-27(30(21)22,17-9-3-1-4-10-17)18-11-5-2-6-12-18/h1-14,21-23,28H,15-16H2,(H,29,32). The van der Waals surface area contributed by atoms with E-state index in [0.29, 0.717) is 24.2 Å². The number of ketones is 1. The van der Waals surface area contributed by atoms with Gasteiger partial charge in [0.1, 0.15) is 12.1 Å². The van der Waals surface area contributed by atoms with Crippen molar-refractivity contribution in [1.29, 1.82) is 0 Å². The molecule has 2 saturated heterocycles. The third-order valence-corrected chi connectivity index (χ3v) is 6.97. The lowest BCUT2D eigenvalue weighted by Gasteiger charge is -2.45. The van der Waals surface area contributed by atoms with E-state index in [1.54, 1.807) is 18.2 Å². The SMILES string of the molecule is O=C1NC(C(=O)C2CNCC3C(=O)OC(c4ccccc4)(c4ccccc4)N32)c2ccccc21. The molecule has 3 unspecified atom stereocenters. The van der Waals surface area contributed by atoms with Gasteiger partial charge in [-0.1, -0.05) is 78.9 Å². The molecule has 0 aliphatic carbocycles. The highest BCUT2D eigenvalue weighted by atomic mass is 16.6. The van der Waals surface area contributed by atoms with E-state index in [0.717, 1.165) is 11.1 Å². The lowest BCUT2D eigenvalue weighted by molar-refractivity contribution is -0.153. The molecule has 6 rings (SSSR count). The van der Waals surface area contributed by atoms with Gasteiger partial charge < -0.3 is 15.4 Å². The Morgan fingerprint density at radius 3 is 2.15 bits per heavy atom. The van der Waals surface area contributed by atoms with Crippen molar-refractivity contribution in [2.24, 2.45) is 0 Å². The number of piperazine rings is 1. The molecule has 0 bridgehead atoms. The van der Waals surface area contributed by atoms with Crippen molar-refractivity contribution < 1.29 is 19.1 Å². The maximum absolute atomic E-state index is 14.0. The van der Waals surface area contributed by atoms with Crippen molar-refractivity contribution in [3.8, 4) is 0 Å². The van der Waals surface area contributed by atoms with Crippen LogP contribution < -0.4 is 10.6 Å². The smallest absolute Gasteiger partial charge is 0.327 e. The Bertz CT molecular complexity index is 1240. The van der Waals surface area contributed by atoms with E-state index in [1.165, 1.54) is 0 Å². The van der Waals surface area contributed by atoms with E-state index in [2.05, 4.69) is 10.6 Å². The van der Waals surface area contributed by atoms with Gasteiger partial charge in [-0.15, -0.1) is 0 Å². The number of hydrogen-bond acceptors (Lipinski definition) is 6. The highest BCUT2D eigenvalue weighted by Crippen LogP contribution is 2.46. The molecule has 3 aliphatic rings. The Labute approximate surface area is 196 Å². The summed E-state index contributed by atoms with van der Waals surface area (Å²) >= 11 is 0. The quantitative estimate of drug-likeness (QED) is 0.589. The van der Waals surface area contributed by atoms with E-state index in [-0.39, 0.29) is 17.7 Å². The molecule has 170 valence electrons. The van der Waals surface area contributed by atoms with Crippen molar-refractivity contribution in [1.82, 2.24) is 15.5 Å². The minimum atomic E-state index is -1.26. The van der Waals surface area contributed by atoms with Gasteiger partial charge in [-0.25, -0.2) is 4.90 Å². The van der Waals surface area contributed by atoms with Crippen molar-refractivity contribution in [3.05, 3.63) is 107 Å². The topological polar surface area (TPSA) is 87.7 Å². The first kappa shape index (κ1) is 20.8. The number of benzene rings is 3. The Balaban J connectivity index is 1.50. The van der Waals surface area contributed by atoms with Crippen LogP contribution in [-0.2, 0) is 20.1 Å². The minimum absolute atomic E-state index is 0.176. The number of carbonyl (C=O) groups excluding carboxylic acids is 3. The van der Waals surface area contributed by atoms with Gasteiger partial charge in [0.15, 0.2) is 5.78 Å². The van der Waals surface area contributed by atoms with Gasteiger partial charge >= 0.3 is 5.97 Å².